The molecule has 0 spiro atoms. The van der Waals surface area contributed by atoms with E-state index in [1.165, 1.54) is 0 Å². The molecule has 1 aromatic carbocycles. The highest BCUT2D eigenvalue weighted by Crippen LogP contribution is 2.18. The van der Waals surface area contributed by atoms with E-state index >= 15 is 0 Å². The summed E-state index contributed by atoms with van der Waals surface area (Å²) in [5.41, 5.74) is 1.89. The molecular weight excluding hydrogens is 242 g/mol. The van der Waals surface area contributed by atoms with Crippen LogP contribution in [0.1, 0.15) is 27.4 Å². The van der Waals surface area contributed by atoms with Gasteiger partial charge in [0.2, 0.25) is 0 Å². The summed E-state index contributed by atoms with van der Waals surface area (Å²) in [4.78, 5) is 20.1. The molecule has 0 aliphatic heterocycles. The number of rotatable bonds is 3. The number of benzene rings is 1. The molecule has 2 N–H and O–H groups in total. The summed E-state index contributed by atoms with van der Waals surface area (Å²) in [6.07, 6.45) is 1.65. The summed E-state index contributed by atoms with van der Waals surface area (Å²) < 4.78 is 0. The number of phenolic OH excluding ortho intramolecular Hbond substituents is 1. The van der Waals surface area contributed by atoms with Crippen molar-refractivity contribution >= 4 is 5.91 Å². The third-order valence-electron chi connectivity index (χ3n) is 2.66. The molecular formula is C14H15N3O2. The highest BCUT2D eigenvalue weighted by atomic mass is 16.3. The fraction of sp³-hybridized carbons (Fsp3) is 0.214. The van der Waals surface area contributed by atoms with Gasteiger partial charge in [-0.25, -0.2) is 9.97 Å². The van der Waals surface area contributed by atoms with Gasteiger partial charge in [0, 0.05) is 6.20 Å². The van der Waals surface area contributed by atoms with E-state index in [0.717, 1.165) is 11.3 Å². The number of carbonyl (C=O) groups is 1. The number of hydrogen-bond donors (Lipinski definition) is 2. The number of aromatic hydroxyl groups is 1. The van der Waals surface area contributed by atoms with Gasteiger partial charge < -0.3 is 10.4 Å². The van der Waals surface area contributed by atoms with Crippen LogP contribution in [0.4, 0.5) is 0 Å². The lowest BCUT2D eigenvalue weighted by Crippen LogP contribution is -2.23. The van der Waals surface area contributed by atoms with Gasteiger partial charge in [0.1, 0.15) is 11.6 Å². The summed E-state index contributed by atoms with van der Waals surface area (Å²) in [5, 5.41) is 12.4. The van der Waals surface area contributed by atoms with Crippen LogP contribution < -0.4 is 5.32 Å². The predicted octanol–water partition coefficient (Wildman–Crippen LogP) is 1.73. The molecule has 2 rings (SSSR count). The molecule has 1 aromatic heterocycles. The molecule has 2 aromatic rings. The van der Waals surface area contributed by atoms with Crippen LogP contribution in [-0.2, 0) is 6.54 Å². The summed E-state index contributed by atoms with van der Waals surface area (Å²) in [7, 11) is 0. The molecule has 5 heteroatoms. The third kappa shape index (κ3) is 3.28. The maximum absolute atomic E-state index is 11.9. The smallest absolute Gasteiger partial charge is 0.255 e. The Hall–Kier alpha value is -2.43. The molecule has 19 heavy (non-hydrogen) atoms. The lowest BCUT2D eigenvalue weighted by molar-refractivity contribution is 0.0947. The van der Waals surface area contributed by atoms with Crippen LogP contribution in [0.3, 0.4) is 0 Å². The van der Waals surface area contributed by atoms with Gasteiger partial charge in [-0.1, -0.05) is 6.07 Å². The molecule has 0 bridgehead atoms. The maximum atomic E-state index is 11.9. The largest absolute Gasteiger partial charge is 0.507 e. The van der Waals surface area contributed by atoms with Crippen molar-refractivity contribution in [1.82, 2.24) is 15.3 Å². The van der Waals surface area contributed by atoms with Crippen molar-refractivity contribution in [2.24, 2.45) is 0 Å². The molecule has 0 fully saturated rings. The molecule has 0 saturated carbocycles. The number of carbonyl (C=O) groups excluding carboxylic acids is 1. The number of amides is 1. The minimum Gasteiger partial charge on any atom is -0.507 e. The topological polar surface area (TPSA) is 75.1 Å². The van der Waals surface area contributed by atoms with E-state index in [1.807, 2.05) is 6.92 Å². The van der Waals surface area contributed by atoms with Crippen LogP contribution in [-0.4, -0.2) is 21.0 Å². The van der Waals surface area contributed by atoms with E-state index in [1.54, 1.807) is 37.4 Å². The molecule has 0 aliphatic carbocycles. The van der Waals surface area contributed by atoms with Crippen LogP contribution in [0, 0.1) is 13.8 Å². The average Bonchev–Trinajstić information content (AvgIpc) is 2.36. The van der Waals surface area contributed by atoms with Gasteiger partial charge in [-0.05, 0) is 37.6 Å². The average molecular weight is 257 g/mol. The first-order valence-corrected chi connectivity index (χ1v) is 5.92. The van der Waals surface area contributed by atoms with Gasteiger partial charge >= 0.3 is 0 Å². The third-order valence-corrected chi connectivity index (χ3v) is 2.66. The van der Waals surface area contributed by atoms with E-state index in [4.69, 9.17) is 0 Å². The molecule has 1 heterocycles. The van der Waals surface area contributed by atoms with Gasteiger partial charge in [0.15, 0.2) is 0 Å². The molecule has 1 amide bonds. The van der Waals surface area contributed by atoms with E-state index < -0.39 is 0 Å². The fourth-order valence-electron chi connectivity index (χ4n) is 1.70. The zero-order valence-corrected chi connectivity index (χ0v) is 10.8. The van der Waals surface area contributed by atoms with Crippen molar-refractivity contribution in [3.8, 4) is 5.75 Å². The van der Waals surface area contributed by atoms with Crippen LogP contribution in [0.2, 0.25) is 0 Å². The lowest BCUT2D eigenvalue weighted by Gasteiger charge is -2.07. The quantitative estimate of drug-likeness (QED) is 0.878. The first-order valence-electron chi connectivity index (χ1n) is 5.92. The highest BCUT2D eigenvalue weighted by Gasteiger charge is 2.10. The number of nitrogens with one attached hydrogen (secondary N) is 1. The predicted molar refractivity (Wildman–Crippen MR) is 70.8 cm³/mol. The standard InChI is InChI=1S/C14H15N3O2/c1-9-3-4-12(13(18)7-9)14(19)16-8-11-5-6-15-10(2)17-11/h3-7,18H,8H2,1-2H3,(H,16,19). The Morgan fingerprint density at radius 2 is 2.11 bits per heavy atom. The summed E-state index contributed by atoms with van der Waals surface area (Å²) in [6, 6.07) is 6.68. The Kier molecular flexibility index (Phi) is 3.75. The van der Waals surface area contributed by atoms with Gasteiger partial charge in [-0.15, -0.1) is 0 Å². The molecule has 0 atom stereocenters. The van der Waals surface area contributed by atoms with E-state index in [-0.39, 0.29) is 17.2 Å². The molecule has 0 unspecified atom stereocenters. The number of phenols is 1. The second kappa shape index (κ2) is 5.48. The van der Waals surface area contributed by atoms with E-state index in [2.05, 4.69) is 15.3 Å². The van der Waals surface area contributed by atoms with E-state index in [9.17, 15) is 9.90 Å². The number of aryl methyl sites for hydroxylation is 2. The molecule has 5 nitrogen and oxygen atoms in total. The van der Waals surface area contributed by atoms with Crippen molar-refractivity contribution in [3.63, 3.8) is 0 Å². The Morgan fingerprint density at radius 3 is 2.79 bits per heavy atom. The van der Waals surface area contributed by atoms with Gasteiger partial charge in [-0.3, -0.25) is 4.79 Å². The van der Waals surface area contributed by atoms with Crippen molar-refractivity contribution in [2.45, 2.75) is 20.4 Å². The fourth-order valence-corrected chi connectivity index (χ4v) is 1.70. The Morgan fingerprint density at radius 1 is 1.32 bits per heavy atom. The molecule has 0 aliphatic rings. The van der Waals surface area contributed by atoms with Crippen LogP contribution in [0.25, 0.3) is 0 Å². The Bertz CT molecular complexity index is 611. The first kappa shape index (κ1) is 13.0. The zero-order valence-electron chi connectivity index (χ0n) is 10.8. The van der Waals surface area contributed by atoms with Crippen molar-refractivity contribution in [1.29, 1.82) is 0 Å². The summed E-state index contributed by atoms with van der Waals surface area (Å²) in [6.45, 7) is 3.94. The zero-order chi connectivity index (χ0) is 13.8. The molecule has 98 valence electrons. The highest BCUT2D eigenvalue weighted by molar-refractivity contribution is 5.96. The molecule has 0 saturated heterocycles. The summed E-state index contributed by atoms with van der Waals surface area (Å²) >= 11 is 0. The number of aromatic nitrogens is 2. The first-order chi connectivity index (χ1) is 9.06. The second-order valence-electron chi connectivity index (χ2n) is 4.30. The van der Waals surface area contributed by atoms with Gasteiger partial charge in [-0.2, -0.15) is 0 Å². The monoisotopic (exact) mass is 257 g/mol. The number of nitrogens with zero attached hydrogens (tertiary/aromatic N) is 2. The minimum atomic E-state index is -0.325. The maximum Gasteiger partial charge on any atom is 0.255 e. The van der Waals surface area contributed by atoms with Crippen molar-refractivity contribution < 1.29 is 9.90 Å². The molecule has 0 radical (unpaired) electrons. The van der Waals surface area contributed by atoms with Gasteiger partial charge in [0.05, 0.1) is 17.8 Å². The van der Waals surface area contributed by atoms with Crippen LogP contribution in [0.15, 0.2) is 30.5 Å². The SMILES string of the molecule is Cc1ccc(C(=O)NCc2ccnc(C)n2)c(O)c1. The lowest BCUT2D eigenvalue weighted by atomic mass is 10.1. The minimum absolute atomic E-state index is 0.0173. The van der Waals surface area contributed by atoms with Crippen LogP contribution in [0.5, 0.6) is 5.75 Å². The number of hydrogen-bond acceptors (Lipinski definition) is 4. The normalized spacial score (nSPS) is 10.2. The van der Waals surface area contributed by atoms with Crippen molar-refractivity contribution in [2.75, 3.05) is 0 Å². The summed E-state index contributed by atoms with van der Waals surface area (Å²) in [5.74, 6) is 0.315. The van der Waals surface area contributed by atoms with E-state index in [0.29, 0.717) is 12.4 Å². The Balaban J connectivity index is 2.05. The Labute approximate surface area is 111 Å². The second-order valence-corrected chi connectivity index (χ2v) is 4.30. The van der Waals surface area contributed by atoms with Gasteiger partial charge in [0.25, 0.3) is 5.91 Å². The van der Waals surface area contributed by atoms with Crippen LogP contribution >= 0.6 is 0 Å². The van der Waals surface area contributed by atoms with Crippen molar-refractivity contribution in [3.05, 3.63) is 53.1 Å².